The second-order valence-corrected chi connectivity index (χ2v) is 12.5. The number of ether oxygens (including phenoxy) is 2. The Bertz CT molecular complexity index is 1270. The first kappa shape index (κ1) is 28.7. The molecule has 0 radical (unpaired) electrons. The average Bonchev–Trinajstić information content (AvgIpc) is 3.24. The van der Waals surface area contributed by atoms with Gasteiger partial charge in [-0.05, 0) is 51.8 Å². The Balaban J connectivity index is 1.76. The first-order chi connectivity index (χ1) is 17.4. The van der Waals surface area contributed by atoms with Crippen LogP contribution in [0.15, 0.2) is 36.9 Å². The molecule has 0 saturated heterocycles. The van der Waals surface area contributed by atoms with Gasteiger partial charge in [0, 0.05) is 12.2 Å². The molecule has 3 atom stereocenters. The van der Waals surface area contributed by atoms with Crippen molar-refractivity contribution in [1.29, 1.82) is 0 Å². The number of carbonyl (C=O) groups excluding carboxylic acids is 1. The number of imidazole rings is 1. The lowest BCUT2D eigenvalue weighted by molar-refractivity contribution is -0.152. The molecule has 1 unspecified atom stereocenters. The van der Waals surface area contributed by atoms with Crippen LogP contribution >= 0.6 is 7.29 Å². The van der Waals surface area contributed by atoms with Crippen molar-refractivity contribution in [2.75, 3.05) is 24.9 Å². The van der Waals surface area contributed by atoms with Gasteiger partial charge in [-0.1, -0.05) is 19.1 Å². The number of anilines is 1. The Kier molecular flexibility index (Phi) is 9.39. The fourth-order valence-electron chi connectivity index (χ4n) is 4.03. The molecule has 3 aromatic rings. The number of nitrogen functional groups attached to an aromatic ring is 1. The van der Waals surface area contributed by atoms with E-state index in [4.69, 9.17) is 15.2 Å². The first-order valence-electron chi connectivity index (χ1n) is 12.3. The molecule has 10 nitrogen and oxygen atoms in total. The van der Waals surface area contributed by atoms with Crippen LogP contribution < -0.4 is 10.8 Å². The molecule has 0 aliphatic carbocycles. The Morgan fingerprint density at radius 2 is 2.03 bits per heavy atom. The molecule has 0 bridgehead atoms. The molecule has 3 N–H and O–H groups in total. The van der Waals surface area contributed by atoms with Gasteiger partial charge in [0.15, 0.2) is 18.8 Å². The normalized spacial score (nSPS) is 15.3. The van der Waals surface area contributed by atoms with Crippen LogP contribution in [0.4, 0.5) is 10.2 Å². The van der Waals surface area contributed by atoms with Crippen molar-refractivity contribution in [2.45, 2.75) is 59.7 Å². The molecule has 2 aromatic heterocycles. The van der Waals surface area contributed by atoms with Crippen LogP contribution in [0, 0.1) is 11.2 Å². The standard InChI is InChI=1S/C25H36FN6O4P/c1-6-10-35-24(33)25(4,5)13-37(34,31-18(3)19-8-7-9-20(26)11-19)16-36-17(2)12-32-15-30-21-22(27)28-14-29-23(21)32/h7-9,11,14-15,17-18H,6,10,12-13,16H2,1-5H3,(H,31,34)(H2,27,28,29)/t17-,18-,37?/m1/s1. The predicted molar refractivity (Wildman–Crippen MR) is 141 cm³/mol. The van der Waals surface area contributed by atoms with Crippen LogP contribution in [0.2, 0.25) is 0 Å². The summed E-state index contributed by atoms with van der Waals surface area (Å²) in [7, 11) is -3.33. The summed E-state index contributed by atoms with van der Waals surface area (Å²) < 4.78 is 41.2. The molecule has 12 heteroatoms. The molecule has 2 heterocycles. The van der Waals surface area contributed by atoms with Crippen LogP contribution in [0.3, 0.4) is 0 Å². The van der Waals surface area contributed by atoms with E-state index in [0.717, 1.165) is 0 Å². The number of aromatic nitrogens is 4. The number of hydrogen-bond acceptors (Lipinski definition) is 8. The molecule has 3 rings (SSSR count). The van der Waals surface area contributed by atoms with E-state index in [2.05, 4.69) is 20.0 Å². The average molecular weight is 535 g/mol. The summed E-state index contributed by atoms with van der Waals surface area (Å²) >= 11 is 0. The number of hydrogen-bond donors (Lipinski definition) is 2. The van der Waals surface area contributed by atoms with Crippen molar-refractivity contribution in [3.8, 4) is 0 Å². The maximum absolute atomic E-state index is 14.2. The van der Waals surface area contributed by atoms with Crippen molar-refractivity contribution in [1.82, 2.24) is 24.6 Å². The lowest BCUT2D eigenvalue weighted by Crippen LogP contribution is -2.35. The number of nitrogens with two attached hydrogens (primary N) is 1. The summed E-state index contributed by atoms with van der Waals surface area (Å²) in [6.45, 7) is 9.64. The highest BCUT2D eigenvalue weighted by Gasteiger charge is 2.39. The molecule has 37 heavy (non-hydrogen) atoms. The topological polar surface area (TPSA) is 134 Å². The lowest BCUT2D eigenvalue weighted by Gasteiger charge is -2.31. The monoisotopic (exact) mass is 534 g/mol. The molecule has 0 aliphatic rings. The largest absolute Gasteiger partial charge is 0.465 e. The van der Waals surface area contributed by atoms with E-state index in [1.807, 2.05) is 13.8 Å². The Morgan fingerprint density at radius 1 is 1.27 bits per heavy atom. The zero-order valence-corrected chi connectivity index (χ0v) is 22.9. The fourth-order valence-corrected chi connectivity index (χ4v) is 7.05. The number of esters is 1. The quantitative estimate of drug-likeness (QED) is 0.240. The van der Waals surface area contributed by atoms with Crippen molar-refractivity contribution in [2.24, 2.45) is 5.41 Å². The fraction of sp³-hybridized carbons (Fsp3) is 0.520. The van der Waals surface area contributed by atoms with Crippen molar-refractivity contribution >= 4 is 30.2 Å². The number of rotatable bonds is 13. The number of nitrogens with one attached hydrogen (secondary N) is 1. The summed E-state index contributed by atoms with van der Waals surface area (Å²) in [5.74, 6) is -0.522. The van der Waals surface area contributed by atoms with Gasteiger partial charge < -0.3 is 24.3 Å². The van der Waals surface area contributed by atoms with E-state index < -0.39 is 24.7 Å². The van der Waals surface area contributed by atoms with E-state index in [0.29, 0.717) is 36.3 Å². The van der Waals surface area contributed by atoms with Crippen LogP contribution in [-0.4, -0.2) is 50.7 Å². The van der Waals surface area contributed by atoms with Crippen LogP contribution in [0.1, 0.15) is 52.6 Å². The number of nitrogens with zero attached hydrogens (tertiary/aromatic N) is 4. The van der Waals surface area contributed by atoms with E-state index in [1.165, 1.54) is 18.5 Å². The summed E-state index contributed by atoms with van der Waals surface area (Å²) in [6.07, 6.45) is 3.16. The maximum Gasteiger partial charge on any atom is 0.312 e. The molecule has 0 fully saturated rings. The van der Waals surface area contributed by atoms with Gasteiger partial charge in [-0.25, -0.2) is 19.3 Å². The SMILES string of the molecule is CCCOC(=O)C(C)(C)CP(=O)(CO[C@H](C)Cn1cnc2c(N)ncnc21)N[C@H](C)c1cccc(F)c1. The summed E-state index contributed by atoms with van der Waals surface area (Å²) in [6, 6.07) is 5.66. The molecular formula is C25H36FN6O4P. The predicted octanol–water partition coefficient (Wildman–Crippen LogP) is 4.52. The van der Waals surface area contributed by atoms with Crippen molar-refractivity contribution in [3.63, 3.8) is 0 Å². The van der Waals surface area contributed by atoms with Crippen LogP contribution in [-0.2, 0) is 25.4 Å². The van der Waals surface area contributed by atoms with E-state index in [9.17, 15) is 13.8 Å². The third kappa shape index (κ3) is 7.56. The second-order valence-electron chi connectivity index (χ2n) is 9.91. The number of fused-ring (bicyclic) bond motifs is 1. The number of halogens is 1. The second kappa shape index (κ2) is 12.1. The maximum atomic E-state index is 14.2. The number of benzene rings is 1. The first-order valence-corrected chi connectivity index (χ1v) is 14.3. The van der Waals surface area contributed by atoms with Gasteiger partial charge in [0.25, 0.3) is 0 Å². The van der Waals surface area contributed by atoms with Gasteiger partial charge in [0.1, 0.15) is 24.0 Å². The molecule has 0 amide bonds. The highest BCUT2D eigenvalue weighted by atomic mass is 31.2. The van der Waals surface area contributed by atoms with Gasteiger partial charge in [0.2, 0.25) is 0 Å². The number of carbonyl (C=O) groups is 1. The smallest absolute Gasteiger partial charge is 0.312 e. The summed E-state index contributed by atoms with van der Waals surface area (Å²) in [5, 5.41) is 3.16. The minimum Gasteiger partial charge on any atom is -0.465 e. The van der Waals surface area contributed by atoms with Crippen LogP contribution in [0.5, 0.6) is 0 Å². The van der Waals surface area contributed by atoms with Gasteiger partial charge in [-0.2, -0.15) is 0 Å². The van der Waals surface area contributed by atoms with Gasteiger partial charge in [0.05, 0.1) is 31.0 Å². The highest BCUT2D eigenvalue weighted by molar-refractivity contribution is 7.61. The minimum atomic E-state index is -3.33. The van der Waals surface area contributed by atoms with E-state index >= 15 is 0 Å². The van der Waals surface area contributed by atoms with Gasteiger partial charge in [-0.15, -0.1) is 0 Å². The van der Waals surface area contributed by atoms with Gasteiger partial charge >= 0.3 is 5.97 Å². The zero-order chi connectivity index (χ0) is 27.2. The van der Waals surface area contributed by atoms with Crippen molar-refractivity contribution < 1.29 is 23.2 Å². The molecular weight excluding hydrogens is 498 g/mol. The third-order valence-electron chi connectivity index (χ3n) is 5.87. The zero-order valence-electron chi connectivity index (χ0n) is 22.0. The summed E-state index contributed by atoms with van der Waals surface area (Å²) in [5.41, 5.74) is 6.55. The molecule has 1 aromatic carbocycles. The highest BCUT2D eigenvalue weighted by Crippen LogP contribution is 2.49. The lowest BCUT2D eigenvalue weighted by atomic mass is 9.97. The Hall–Kier alpha value is -2.88. The molecule has 0 aliphatic heterocycles. The van der Waals surface area contributed by atoms with E-state index in [1.54, 1.807) is 43.8 Å². The van der Waals surface area contributed by atoms with Gasteiger partial charge in [-0.3, -0.25) is 9.88 Å². The molecule has 0 saturated carbocycles. The van der Waals surface area contributed by atoms with E-state index in [-0.39, 0.29) is 30.2 Å². The Morgan fingerprint density at radius 3 is 2.73 bits per heavy atom. The van der Waals surface area contributed by atoms with Crippen LogP contribution in [0.25, 0.3) is 11.2 Å². The third-order valence-corrected chi connectivity index (χ3v) is 8.59. The molecule has 202 valence electrons. The minimum absolute atomic E-state index is 0.00663. The van der Waals surface area contributed by atoms with Crippen molar-refractivity contribution in [3.05, 3.63) is 48.3 Å². The summed E-state index contributed by atoms with van der Waals surface area (Å²) in [4.78, 5) is 25.2. The molecule has 0 spiro atoms. The Labute approximate surface area is 216 Å².